The van der Waals surface area contributed by atoms with Gasteiger partial charge in [0.2, 0.25) is 0 Å². The fourth-order valence-corrected chi connectivity index (χ4v) is 4.71. The van der Waals surface area contributed by atoms with Crippen LogP contribution in [0, 0.1) is 12.7 Å². The van der Waals surface area contributed by atoms with E-state index in [1.54, 1.807) is 17.0 Å². The maximum Gasteiger partial charge on any atom is 0.256 e. The van der Waals surface area contributed by atoms with Gasteiger partial charge < -0.3 is 9.80 Å². The quantitative estimate of drug-likeness (QED) is 0.765. The van der Waals surface area contributed by atoms with Gasteiger partial charge >= 0.3 is 0 Å². The van der Waals surface area contributed by atoms with Gasteiger partial charge in [-0.3, -0.25) is 14.5 Å². The molecule has 2 aliphatic heterocycles. The van der Waals surface area contributed by atoms with Gasteiger partial charge in [-0.05, 0) is 45.0 Å². The van der Waals surface area contributed by atoms with Crippen molar-refractivity contribution in [3.8, 4) is 0 Å². The molecule has 0 aromatic heterocycles. The zero-order chi connectivity index (χ0) is 21.5. The minimum atomic E-state index is -0.498. The molecule has 0 saturated carbocycles. The molecular weight excluding hydrogens is 381 g/mol. The van der Waals surface area contributed by atoms with E-state index < -0.39 is 5.82 Å². The first-order valence-electron chi connectivity index (χ1n) is 10.4. The van der Waals surface area contributed by atoms with Gasteiger partial charge in [0.05, 0.1) is 5.56 Å². The van der Waals surface area contributed by atoms with Crippen molar-refractivity contribution in [2.45, 2.75) is 32.4 Å². The molecule has 0 N–H and O–H groups in total. The lowest BCUT2D eigenvalue weighted by Gasteiger charge is -2.55. The van der Waals surface area contributed by atoms with Crippen LogP contribution in [0.4, 0.5) is 4.39 Å². The van der Waals surface area contributed by atoms with Gasteiger partial charge in [-0.1, -0.05) is 29.8 Å². The van der Waals surface area contributed by atoms with E-state index in [4.69, 9.17) is 0 Å². The molecule has 0 radical (unpaired) electrons. The van der Waals surface area contributed by atoms with E-state index in [9.17, 15) is 14.0 Å². The number of piperazine rings is 2. The molecule has 1 atom stereocenters. The highest BCUT2D eigenvalue weighted by Gasteiger charge is 2.44. The van der Waals surface area contributed by atoms with Crippen molar-refractivity contribution in [2.24, 2.45) is 0 Å². The number of hydrogen-bond acceptors (Lipinski definition) is 3. The maximum absolute atomic E-state index is 14.2. The average molecular weight is 410 g/mol. The van der Waals surface area contributed by atoms with Crippen LogP contribution < -0.4 is 0 Å². The van der Waals surface area contributed by atoms with Crippen LogP contribution in [0.1, 0.15) is 40.1 Å². The number of rotatable bonds is 2. The highest BCUT2D eigenvalue weighted by molar-refractivity contribution is 5.95. The van der Waals surface area contributed by atoms with Gasteiger partial charge in [0.25, 0.3) is 11.8 Å². The number of nitrogens with zero attached hydrogens (tertiary/aromatic N) is 3. The summed E-state index contributed by atoms with van der Waals surface area (Å²) in [5.74, 6) is -0.768. The van der Waals surface area contributed by atoms with Crippen LogP contribution in [0.3, 0.4) is 0 Å². The largest absolute Gasteiger partial charge is 0.336 e. The number of fused-ring (bicyclic) bond motifs is 1. The molecule has 30 heavy (non-hydrogen) atoms. The van der Waals surface area contributed by atoms with E-state index in [1.807, 2.05) is 36.1 Å². The van der Waals surface area contributed by atoms with Crippen LogP contribution in [-0.4, -0.2) is 70.8 Å². The third-order valence-electron chi connectivity index (χ3n) is 6.25. The average Bonchev–Trinajstić information content (AvgIpc) is 2.72. The Kier molecular flexibility index (Phi) is 5.36. The van der Waals surface area contributed by atoms with Gasteiger partial charge in [0.1, 0.15) is 5.82 Å². The van der Waals surface area contributed by atoms with E-state index in [0.29, 0.717) is 31.7 Å². The molecule has 2 aromatic carbocycles. The Balaban J connectivity index is 1.53. The molecular formula is C24H28FN3O2. The smallest absolute Gasteiger partial charge is 0.256 e. The lowest BCUT2D eigenvalue weighted by atomic mass is 9.92. The molecule has 158 valence electrons. The molecule has 0 aliphatic carbocycles. The summed E-state index contributed by atoms with van der Waals surface area (Å²) in [5, 5.41) is 0. The third-order valence-corrected chi connectivity index (χ3v) is 6.25. The predicted molar refractivity (Wildman–Crippen MR) is 114 cm³/mol. The molecule has 0 bridgehead atoms. The Morgan fingerprint density at radius 2 is 1.60 bits per heavy atom. The van der Waals surface area contributed by atoms with Crippen molar-refractivity contribution in [3.63, 3.8) is 0 Å². The number of carbonyl (C=O) groups excluding carboxylic acids is 2. The summed E-state index contributed by atoms with van der Waals surface area (Å²) < 4.78 is 14.2. The van der Waals surface area contributed by atoms with Crippen molar-refractivity contribution in [2.75, 3.05) is 32.7 Å². The van der Waals surface area contributed by atoms with Crippen molar-refractivity contribution < 1.29 is 14.0 Å². The molecule has 4 rings (SSSR count). The Morgan fingerprint density at radius 1 is 0.933 bits per heavy atom. The van der Waals surface area contributed by atoms with Crippen molar-refractivity contribution >= 4 is 11.8 Å². The lowest BCUT2D eigenvalue weighted by Crippen LogP contribution is -2.70. The second-order valence-corrected chi connectivity index (χ2v) is 8.94. The van der Waals surface area contributed by atoms with Gasteiger partial charge in [-0.25, -0.2) is 4.39 Å². The van der Waals surface area contributed by atoms with Crippen LogP contribution in [0.2, 0.25) is 0 Å². The molecule has 2 heterocycles. The molecule has 1 unspecified atom stereocenters. The van der Waals surface area contributed by atoms with Crippen LogP contribution >= 0.6 is 0 Å². The summed E-state index contributed by atoms with van der Waals surface area (Å²) in [4.78, 5) is 32.0. The molecule has 0 spiro atoms. The predicted octanol–water partition coefficient (Wildman–Crippen LogP) is 3.20. The van der Waals surface area contributed by atoms with Crippen molar-refractivity contribution in [1.29, 1.82) is 0 Å². The van der Waals surface area contributed by atoms with Crippen LogP contribution in [0.5, 0.6) is 0 Å². The first-order valence-corrected chi connectivity index (χ1v) is 10.4. The first-order chi connectivity index (χ1) is 14.3. The van der Waals surface area contributed by atoms with Crippen LogP contribution in [0.25, 0.3) is 0 Å². The Hall–Kier alpha value is -2.73. The van der Waals surface area contributed by atoms with Gasteiger partial charge in [0.15, 0.2) is 0 Å². The fourth-order valence-electron chi connectivity index (χ4n) is 4.71. The molecule has 2 aliphatic rings. The van der Waals surface area contributed by atoms with Gasteiger partial charge in [-0.15, -0.1) is 0 Å². The number of carbonyl (C=O) groups is 2. The summed E-state index contributed by atoms with van der Waals surface area (Å²) in [6.45, 7) is 9.20. The topological polar surface area (TPSA) is 43.9 Å². The Bertz CT molecular complexity index is 957. The Morgan fingerprint density at radius 3 is 2.30 bits per heavy atom. The summed E-state index contributed by atoms with van der Waals surface area (Å²) >= 11 is 0. The number of benzene rings is 2. The van der Waals surface area contributed by atoms with Gasteiger partial charge in [-0.2, -0.15) is 0 Å². The van der Waals surface area contributed by atoms with E-state index in [2.05, 4.69) is 18.7 Å². The molecule has 2 fully saturated rings. The fraction of sp³-hybridized carbons (Fsp3) is 0.417. The monoisotopic (exact) mass is 409 g/mol. The lowest BCUT2D eigenvalue weighted by molar-refractivity contribution is -0.0508. The van der Waals surface area contributed by atoms with E-state index in [0.717, 1.165) is 12.1 Å². The minimum absolute atomic E-state index is 0.0185. The van der Waals surface area contributed by atoms with E-state index >= 15 is 0 Å². The number of halogens is 1. The molecule has 6 heteroatoms. The third kappa shape index (κ3) is 3.84. The Labute approximate surface area is 177 Å². The number of hydrogen-bond donors (Lipinski definition) is 0. The summed E-state index contributed by atoms with van der Waals surface area (Å²) in [6, 6.07) is 13.8. The summed E-state index contributed by atoms with van der Waals surface area (Å²) in [6.07, 6.45) is 0. The number of amides is 2. The molecule has 5 nitrogen and oxygen atoms in total. The zero-order valence-electron chi connectivity index (χ0n) is 17.8. The van der Waals surface area contributed by atoms with Crippen LogP contribution in [-0.2, 0) is 0 Å². The van der Waals surface area contributed by atoms with Crippen molar-refractivity contribution in [1.82, 2.24) is 14.7 Å². The standard InChI is InChI=1S/C24H28FN3O2/c1-17-8-10-18(11-9-17)22(29)26-12-13-28-19(14-26)15-27(16-24(28,2)3)23(30)20-6-4-5-7-21(20)25/h4-11,19H,12-16H2,1-3H3. The van der Waals surface area contributed by atoms with Gasteiger partial charge in [0, 0.05) is 49.9 Å². The van der Waals surface area contributed by atoms with Crippen LogP contribution in [0.15, 0.2) is 48.5 Å². The summed E-state index contributed by atoms with van der Waals surface area (Å²) in [5.41, 5.74) is 1.66. The molecule has 2 saturated heterocycles. The highest BCUT2D eigenvalue weighted by Crippen LogP contribution is 2.29. The van der Waals surface area contributed by atoms with Crippen molar-refractivity contribution in [3.05, 3.63) is 71.0 Å². The second-order valence-electron chi connectivity index (χ2n) is 8.94. The summed E-state index contributed by atoms with van der Waals surface area (Å²) in [7, 11) is 0. The molecule has 2 aromatic rings. The normalized spacial score (nSPS) is 21.3. The highest BCUT2D eigenvalue weighted by atomic mass is 19.1. The molecule has 2 amide bonds. The zero-order valence-corrected chi connectivity index (χ0v) is 17.8. The van der Waals surface area contributed by atoms with E-state index in [-0.39, 0.29) is 29.0 Å². The SMILES string of the molecule is Cc1ccc(C(=O)N2CCN3C(C2)CN(C(=O)c2ccccc2F)CC3(C)C)cc1. The minimum Gasteiger partial charge on any atom is -0.336 e. The maximum atomic E-state index is 14.2. The second kappa shape index (κ2) is 7.84. The van der Waals surface area contributed by atoms with E-state index in [1.165, 1.54) is 12.1 Å². The first kappa shape index (κ1) is 20.5. The number of aryl methyl sites for hydroxylation is 1.